The molecule has 0 bridgehead atoms. The van der Waals surface area contributed by atoms with Crippen LogP contribution in [0, 0.1) is 0 Å². The lowest BCUT2D eigenvalue weighted by Gasteiger charge is -2.04. The fourth-order valence-electron chi connectivity index (χ4n) is 1.38. The third-order valence-electron chi connectivity index (χ3n) is 2.22. The van der Waals surface area contributed by atoms with Gasteiger partial charge in [0, 0.05) is 0 Å². The number of ether oxygens (including phenoxy) is 1. The lowest BCUT2D eigenvalue weighted by Crippen LogP contribution is -2.04. The van der Waals surface area contributed by atoms with Crippen molar-refractivity contribution >= 4 is 5.97 Å². The Morgan fingerprint density at radius 3 is 1.89 bits per heavy atom. The zero-order valence-electron chi connectivity index (χ0n) is 9.80. The number of esters is 1. The normalized spacial score (nSPS) is 8.67. The first-order valence-corrected chi connectivity index (χ1v) is 5.12. The van der Waals surface area contributed by atoms with E-state index in [0.29, 0.717) is 12.2 Å². The molecule has 0 heterocycles. The average molecular weight is 248 g/mol. The van der Waals surface area contributed by atoms with Crippen molar-refractivity contribution in [1.29, 1.82) is 0 Å². The molecule has 0 aliphatic carbocycles. The van der Waals surface area contributed by atoms with Crippen molar-refractivity contribution in [2.24, 2.45) is 0 Å². The van der Waals surface area contributed by atoms with Crippen LogP contribution in [-0.2, 0) is 11.3 Å². The van der Waals surface area contributed by atoms with Gasteiger partial charge < -0.3 is 15.7 Å². The molecule has 0 fully saturated rings. The van der Waals surface area contributed by atoms with Crippen molar-refractivity contribution in [3.8, 4) is 0 Å². The molecule has 4 N–H and O–H groups in total. The van der Waals surface area contributed by atoms with Crippen LogP contribution in [0.4, 0.5) is 0 Å². The van der Waals surface area contributed by atoms with Crippen LogP contribution in [0.5, 0.6) is 0 Å². The lowest BCUT2D eigenvalue weighted by atomic mass is 10.2. The first-order valence-electron chi connectivity index (χ1n) is 5.12. The van der Waals surface area contributed by atoms with E-state index >= 15 is 0 Å². The van der Waals surface area contributed by atoms with E-state index in [2.05, 4.69) is 0 Å². The number of benzene rings is 2. The largest absolute Gasteiger partial charge is 0.457 e. The van der Waals surface area contributed by atoms with Crippen LogP contribution in [0.1, 0.15) is 15.9 Å². The molecule has 0 aliphatic rings. The van der Waals surface area contributed by atoms with Gasteiger partial charge in [0.15, 0.2) is 0 Å². The van der Waals surface area contributed by atoms with Crippen molar-refractivity contribution in [3.63, 3.8) is 0 Å². The van der Waals surface area contributed by atoms with Gasteiger partial charge in [-0.15, -0.1) is 0 Å². The second kappa shape index (κ2) is 8.00. The minimum Gasteiger partial charge on any atom is -0.457 e. The minimum atomic E-state index is -0.288. The molecule has 2 rings (SSSR count). The summed E-state index contributed by atoms with van der Waals surface area (Å²) in [4.78, 5) is 11.6. The fourth-order valence-corrected chi connectivity index (χ4v) is 1.38. The van der Waals surface area contributed by atoms with Crippen LogP contribution in [0.25, 0.3) is 0 Å². The van der Waals surface area contributed by atoms with Gasteiger partial charge in [0.05, 0.1) is 5.56 Å². The van der Waals surface area contributed by atoms with Gasteiger partial charge in [0.2, 0.25) is 0 Å². The number of carbonyl (C=O) groups excluding carboxylic acids is 1. The predicted octanol–water partition coefficient (Wildman–Crippen LogP) is 1.39. The maximum absolute atomic E-state index is 11.6. The third kappa shape index (κ3) is 4.37. The minimum absolute atomic E-state index is 0. The van der Waals surface area contributed by atoms with E-state index in [1.165, 1.54) is 0 Å². The summed E-state index contributed by atoms with van der Waals surface area (Å²) >= 11 is 0. The van der Waals surface area contributed by atoms with Gasteiger partial charge in [-0.1, -0.05) is 48.5 Å². The molecule has 0 saturated carbocycles. The number of rotatable bonds is 3. The van der Waals surface area contributed by atoms with Gasteiger partial charge in [0.1, 0.15) is 6.61 Å². The molecule has 0 atom stereocenters. The van der Waals surface area contributed by atoms with Gasteiger partial charge in [-0.3, -0.25) is 0 Å². The molecule has 0 radical (unpaired) electrons. The SMILES string of the molecule is O.O.O=C(OCc1ccccc1)c1ccccc1. The molecule has 4 heteroatoms. The van der Waals surface area contributed by atoms with Gasteiger partial charge >= 0.3 is 5.97 Å². The van der Waals surface area contributed by atoms with Crippen molar-refractivity contribution in [2.45, 2.75) is 6.61 Å². The molecule has 2 aromatic carbocycles. The second-order valence-electron chi connectivity index (χ2n) is 3.43. The second-order valence-corrected chi connectivity index (χ2v) is 3.43. The number of carbonyl (C=O) groups is 1. The van der Waals surface area contributed by atoms with E-state index < -0.39 is 0 Å². The monoisotopic (exact) mass is 248 g/mol. The third-order valence-corrected chi connectivity index (χ3v) is 2.22. The molecule has 0 aliphatic heterocycles. The predicted molar refractivity (Wildman–Crippen MR) is 69.2 cm³/mol. The van der Waals surface area contributed by atoms with Crippen molar-refractivity contribution in [3.05, 3.63) is 71.8 Å². The number of hydrogen-bond acceptors (Lipinski definition) is 2. The molecule has 0 unspecified atom stereocenters. The van der Waals surface area contributed by atoms with Crippen molar-refractivity contribution in [1.82, 2.24) is 0 Å². The maximum atomic E-state index is 11.6. The molecular weight excluding hydrogens is 232 g/mol. The molecular formula is C14H16O4. The Balaban J connectivity index is 0.00000144. The van der Waals surface area contributed by atoms with Gasteiger partial charge in [0.25, 0.3) is 0 Å². The van der Waals surface area contributed by atoms with Crippen LogP contribution < -0.4 is 0 Å². The molecule has 0 saturated heterocycles. The first kappa shape index (κ1) is 15.8. The molecule has 0 spiro atoms. The Labute approximate surface area is 105 Å². The van der Waals surface area contributed by atoms with E-state index in [1.807, 2.05) is 48.5 Å². The standard InChI is InChI=1S/C14H12O2.2H2O/c15-14(13-9-5-2-6-10-13)16-11-12-7-3-1-4-8-12;;/h1-10H,11H2;2*1H2. The smallest absolute Gasteiger partial charge is 0.338 e. The maximum Gasteiger partial charge on any atom is 0.338 e. The summed E-state index contributed by atoms with van der Waals surface area (Å²) in [6.07, 6.45) is 0. The quantitative estimate of drug-likeness (QED) is 0.768. The summed E-state index contributed by atoms with van der Waals surface area (Å²) in [5.74, 6) is -0.288. The van der Waals surface area contributed by atoms with Crippen LogP contribution in [0.2, 0.25) is 0 Å². The highest BCUT2D eigenvalue weighted by Gasteiger charge is 2.05. The molecule has 96 valence electrons. The van der Waals surface area contributed by atoms with Crippen LogP contribution in [-0.4, -0.2) is 16.9 Å². The average Bonchev–Trinajstić information content (AvgIpc) is 2.38. The summed E-state index contributed by atoms with van der Waals surface area (Å²) in [6.45, 7) is 0.314. The summed E-state index contributed by atoms with van der Waals surface area (Å²) in [5.41, 5.74) is 1.57. The highest BCUT2D eigenvalue weighted by molar-refractivity contribution is 5.89. The Morgan fingerprint density at radius 1 is 0.833 bits per heavy atom. The van der Waals surface area contributed by atoms with E-state index in [1.54, 1.807) is 12.1 Å². The fraction of sp³-hybridized carbons (Fsp3) is 0.0714. The summed E-state index contributed by atoms with van der Waals surface area (Å²) in [5, 5.41) is 0. The van der Waals surface area contributed by atoms with Crippen LogP contribution in [0.3, 0.4) is 0 Å². The van der Waals surface area contributed by atoms with Crippen LogP contribution in [0.15, 0.2) is 60.7 Å². The van der Waals surface area contributed by atoms with Crippen molar-refractivity contribution < 1.29 is 20.5 Å². The highest BCUT2D eigenvalue weighted by Crippen LogP contribution is 2.05. The topological polar surface area (TPSA) is 89.3 Å². The number of hydrogen-bond donors (Lipinski definition) is 0. The van der Waals surface area contributed by atoms with Gasteiger partial charge in [-0.05, 0) is 17.7 Å². The van der Waals surface area contributed by atoms with Crippen LogP contribution >= 0.6 is 0 Å². The summed E-state index contributed by atoms with van der Waals surface area (Å²) in [6, 6.07) is 18.6. The highest BCUT2D eigenvalue weighted by atomic mass is 16.5. The molecule has 0 aromatic heterocycles. The van der Waals surface area contributed by atoms with E-state index in [9.17, 15) is 4.79 Å². The van der Waals surface area contributed by atoms with Gasteiger partial charge in [-0.25, -0.2) is 4.79 Å². The zero-order valence-corrected chi connectivity index (χ0v) is 9.80. The Morgan fingerprint density at radius 2 is 1.33 bits per heavy atom. The lowest BCUT2D eigenvalue weighted by molar-refractivity contribution is 0.0472. The summed E-state index contributed by atoms with van der Waals surface area (Å²) < 4.78 is 5.18. The Hall–Kier alpha value is -2.17. The molecule has 4 nitrogen and oxygen atoms in total. The van der Waals surface area contributed by atoms with E-state index in [-0.39, 0.29) is 16.9 Å². The van der Waals surface area contributed by atoms with E-state index in [4.69, 9.17) is 4.74 Å². The Bertz CT molecular complexity index is 454. The molecule has 18 heavy (non-hydrogen) atoms. The first-order chi connectivity index (χ1) is 7.86. The van der Waals surface area contributed by atoms with Crippen molar-refractivity contribution in [2.75, 3.05) is 0 Å². The zero-order chi connectivity index (χ0) is 11.2. The molecule has 2 aromatic rings. The van der Waals surface area contributed by atoms with E-state index in [0.717, 1.165) is 5.56 Å². The van der Waals surface area contributed by atoms with Gasteiger partial charge in [-0.2, -0.15) is 0 Å². The summed E-state index contributed by atoms with van der Waals surface area (Å²) in [7, 11) is 0. The molecule has 0 amide bonds. The Kier molecular flexibility index (Phi) is 7.04.